The predicted octanol–water partition coefficient (Wildman–Crippen LogP) is 0.952. The first-order chi connectivity index (χ1) is 10.7. The minimum Gasteiger partial charge on any atom is -0.381 e. The largest absolute Gasteiger partial charge is 0.381 e. The van der Waals surface area contributed by atoms with Crippen LogP contribution in [-0.2, 0) is 24.2 Å². The van der Waals surface area contributed by atoms with Crippen molar-refractivity contribution in [1.82, 2.24) is 25.4 Å². The van der Waals surface area contributed by atoms with Crippen molar-refractivity contribution >= 4 is 5.96 Å². The first-order valence-electron chi connectivity index (χ1n) is 8.14. The molecule has 124 valence electrons. The molecule has 0 amide bonds. The molecule has 2 N–H and O–H groups in total. The maximum Gasteiger partial charge on any atom is 0.191 e. The quantitative estimate of drug-likeness (QED) is 0.425. The Morgan fingerprint density at radius 3 is 3.00 bits per heavy atom. The standard InChI is InChI=1S/C15H28N6O/c1-12(2)11-22-9-5-7-17-15(16-3)18-10-14-20-19-13-6-4-8-21(13)14/h12H,4-11H2,1-3H3,(H2,16,17,18). The van der Waals surface area contributed by atoms with Gasteiger partial charge < -0.3 is 19.9 Å². The molecule has 1 aromatic rings. The van der Waals surface area contributed by atoms with Gasteiger partial charge in [-0.2, -0.15) is 0 Å². The van der Waals surface area contributed by atoms with E-state index in [1.54, 1.807) is 7.05 Å². The van der Waals surface area contributed by atoms with E-state index in [1.807, 2.05) is 0 Å². The van der Waals surface area contributed by atoms with Crippen molar-refractivity contribution in [2.24, 2.45) is 10.9 Å². The SMILES string of the molecule is CN=C(NCCCOCC(C)C)NCc1nnc2n1CCC2. The Hall–Kier alpha value is -1.63. The number of aliphatic imine (C=N–C) groups is 1. The topological polar surface area (TPSA) is 76.4 Å². The summed E-state index contributed by atoms with van der Waals surface area (Å²) >= 11 is 0. The summed E-state index contributed by atoms with van der Waals surface area (Å²) < 4.78 is 7.75. The van der Waals surface area contributed by atoms with Gasteiger partial charge in [-0.3, -0.25) is 4.99 Å². The summed E-state index contributed by atoms with van der Waals surface area (Å²) in [6, 6.07) is 0. The second kappa shape index (κ2) is 8.73. The Balaban J connectivity index is 1.63. The van der Waals surface area contributed by atoms with Crippen molar-refractivity contribution < 1.29 is 4.74 Å². The van der Waals surface area contributed by atoms with Gasteiger partial charge in [-0.05, 0) is 18.8 Å². The molecule has 1 aromatic heterocycles. The fraction of sp³-hybridized carbons (Fsp3) is 0.800. The fourth-order valence-corrected chi connectivity index (χ4v) is 2.42. The van der Waals surface area contributed by atoms with Crippen LogP contribution in [0.1, 0.15) is 38.3 Å². The molecule has 1 aliphatic heterocycles. The van der Waals surface area contributed by atoms with Crippen molar-refractivity contribution in [3.63, 3.8) is 0 Å². The highest BCUT2D eigenvalue weighted by Gasteiger charge is 2.16. The van der Waals surface area contributed by atoms with E-state index < -0.39 is 0 Å². The number of nitrogens with zero attached hydrogens (tertiary/aromatic N) is 4. The van der Waals surface area contributed by atoms with Crippen LogP contribution in [0, 0.1) is 5.92 Å². The Morgan fingerprint density at radius 1 is 1.36 bits per heavy atom. The summed E-state index contributed by atoms with van der Waals surface area (Å²) in [6.45, 7) is 8.44. The molecule has 7 nitrogen and oxygen atoms in total. The van der Waals surface area contributed by atoms with Crippen molar-refractivity contribution in [2.45, 2.75) is 46.2 Å². The van der Waals surface area contributed by atoms with E-state index in [-0.39, 0.29) is 0 Å². The molecule has 1 aliphatic rings. The first-order valence-corrected chi connectivity index (χ1v) is 8.14. The average molecular weight is 308 g/mol. The van der Waals surface area contributed by atoms with Crippen LogP contribution in [0.2, 0.25) is 0 Å². The van der Waals surface area contributed by atoms with Crippen LogP contribution in [0.25, 0.3) is 0 Å². The zero-order valence-corrected chi connectivity index (χ0v) is 13.9. The number of hydrogen-bond acceptors (Lipinski definition) is 4. The molecule has 0 saturated heterocycles. The number of aromatic nitrogens is 3. The van der Waals surface area contributed by atoms with E-state index in [4.69, 9.17) is 4.74 Å². The van der Waals surface area contributed by atoms with Crippen molar-refractivity contribution in [2.75, 3.05) is 26.8 Å². The lowest BCUT2D eigenvalue weighted by molar-refractivity contribution is 0.108. The van der Waals surface area contributed by atoms with Crippen molar-refractivity contribution in [1.29, 1.82) is 0 Å². The van der Waals surface area contributed by atoms with E-state index in [0.29, 0.717) is 12.5 Å². The van der Waals surface area contributed by atoms with E-state index in [9.17, 15) is 0 Å². The monoisotopic (exact) mass is 308 g/mol. The van der Waals surface area contributed by atoms with E-state index in [1.165, 1.54) is 6.42 Å². The van der Waals surface area contributed by atoms with Gasteiger partial charge in [0.25, 0.3) is 0 Å². The molecule has 0 aromatic carbocycles. The highest BCUT2D eigenvalue weighted by molar-refractivity contribution is 5.79. The lowest BCUT2D eigenvalue weighted by Crippen LogP contribution is -2.38. The molecule has 0 saturated carbocycles. The summed E-state index contributed by atoms with van der Waals surface area (Å²) in [5, 5.41) is 15.0. The molecule has 0 spiro atoms. The van der Waals surface area contributed by atoms with Gasteiger partial charge in [0.2, 0.25) is 0 Å². The van der Waals surface area contributed by atoms with Gasteiger partial charge in [0, 0.05) is 39.8 Å². The molecular weight excluding hydrogens is 280 g/mol. The second-order valence-electron chi connectivity index (χ2n) is 5.96. The lowest BCUT2D eigenvalue weighted by Gasteiger charge is -2.12. The van der Waals surface area contributed by atoms with Gasteiger partial charge in [-0.25, -0.2) is 0 Å². The van der Waals surface area contributed by atoms with Crippen LogP contribution in [0.4, 0.5) is 0 Å². The minimum atomic E-state index is 0.590. The summed E-state index contributed by atoms with van der Waals surface area (Å²) in [5.74, 6) is 3.46. The first kappa shape index (κ1) is 16.7. The highest BCUT2D eigenvalue weighted by atomic mass is 16.5. The van der Waals surface area contributed by atoms with E-state index in [2.05, 4.69) is 44.2 Å². The summed E-state index contributed by atoms with van der Waals surface area (Å²) in [6.07, 6.45) is 3.17. The van der Waals surface area contributed by atoms with Gasteiger partial charge in [0.05, 0.1) is 6.54 Å². The van der Waals surface area contributed by atoms with Crippen molar-refractivity contribution in [3.8, 4) is 0 Å². The van der Waals surface area contributed by atoms with Gasteiger partial charge in [-0.15, -0.1) is 10.2 Å². The van der Waals surface area contributed by atoms with Crippen LogP contribution in [0.15, 0.2) is 4.99 Å². The van der Waals surface area contributed by atoms with Crippen LogP contribution >= 0.6 is 0 Å². The normalized spacial score (nSPS) is 14.5. The molecule has 0 unspecified atom stereocenters. The molecule has 2 heterocycles. The van der Waals surface area contributed by atoms with Gasteiger partial charge in [-0.1, -0.05) is 13.8 Å². The molecule has 0 fully saturated rings. The number of rotatable bonds is 8. The number of ether oxygens (including phenoxy) is 1. The molecule has 2 rings (SSSR count). The lowest BCUT2D eigenvalue weighted by atomic mass is 10.2. The van der Waals surface area contributed by atoms with Gasteiger partial charge >= 0.3 is 0 Å². The molecule has 22 heavy (non-hydrogen) atoms. The molecule has 7 heteroatoms. The second-order valence-corrected chi connectivity index (χ2v) is 5.96. The zero-order chi connectivity index (χ0) is 15.8. The Bertz CT molecular complexity index is 482. The number of aryl methyl sites for hydroxylation is 1. The smallest absolute Gasteiger partial charge is 0.191 e. The summed E-state index contributed by atoms with van der Waals surface area (Å²) in [4.78, 5) is 4.22. The molecule has 0 atom stereocenters. The molecule has 0 bridgehead atoms. The molecule has 0 radical (unpaired) electrons. The predicted molar refractivity (Wildman–Crippen MR) is 86.8 cm³/mol. The number of nitrogens with one attached hydrogen (secondary N) is 2. The average Bonchev–Trinajstić information content (AvgIpc) is 3.09. The Kier molecular flexibility index (Phi) is 6.64. The number of fused-ring (bicyclic) bond motifs is 1. The Labute approximate surface area is 132 Å². The third-order valence-corrected chi connectivity index (χ3v) is 3.53. The maximum absolute atomic E-state index is 5.56. The summed E-state index contributed by atoms with van der Waals surface area (Å²) in [7, 11) is 1.78. The van der Waals surface area contributed by atoms with Crippen LogP contribution in [0.5, 0.6) is 0 Å². The van der Waals surface area contributed by atoms with Crippen LogP contribution < -0.4 is 10.6 Å². The van der Waals surface area contributed by atoms with Gasteiger partial charge in [0.1, 0.15) is 5.82 Å². The van der Waals surface area contributed by atoms with E-state index >= 15 is 0 Å². The van der Waals surface area contributed by atoms with Crippen molar-refractivity contribution in [3.05, 3.63) is 11.6 Å². The summed E-state index contributed by atoms with van der Waals surface area (Å²) in [5.41, 5.74) is 0. The number of hydrogen-bond donors (Lipinski definition) is 2. The minimum absolute atomic E-state index is 0.590. The van der Waals surface area contributed by atoms with Crippen LogP contribution in [-0.4, -0.2) is 47.5 Å². The fourth-order valence-electron chi connectivity index (χ4n) is 2.42. The zero-order valence-electron chi connectivity index (χ0n) is 13.9. The highest BCUT2D eigenvalue weighted by Crippen LogP contribution is 2.13. The maximum atomic E-state index is 5.56. The van der Waals surface area contributed by atoms with E-state index in [0.717, 1.165) is 56.8 Å². The van der Waals surface area contributed by atoms with Gasteiger partial charge in [0.15, 0.2) is 11.8 Å². The third-order valence-electron chi connectivity index (χ3n) is 3.53. The number of guanidine groups is 1. The van der Waals surface area contributed by atoms with Crippen LogP contribution in [0.3, 0.4) is 0 Å². The third kappa shape index (κ3) is 4.98. The molecule has 0 aliphatic carbocycles. The Morgan fingerprint density at radius 2 is 2.23 bits per heavy atom. The molecular formula is C15H28N6O.